The van der Waals surface area contributed by atoms with Crippen molar-refractivity contribution in [2.75, 3.05) is 13.2 Å². The number of carbonyl (C=O) groups is 1. The molecular formula is C22H27FN3O10P. The van der Waals surface area contributed by atoms with Crippen LogP contribution in [0, 0.1) is 5.82 Å². The number of aliphatic hydroxyl groups is 1. The van der Waals surface area contributed by atoms with E-state index < -0.39 is 73.6 Å². The highest BCUT2D eigenvalue weighted by molar-refractivity contribution is 7.52. The molecule has 4 rings (SSSR count). The third kappa shape index (κ3) is 5.69. The van der Waals surface area contributed by atoms with E-state index in [1.54, 1.807) is 32.0 Å². The predicted molar refractivity (Wildman–Crippen MR) is 124 cm³/mol. The molecule has 3 heterocycles. The van der Waals surface area contributed by atoms with Gasteiger partial charge in [-0.05, 0) is 32.9 Å². The van der Waals surface area contributed by atoms with E-state index in [0.29, 0.717) is 6.20 Å². The normalized spacial score (nSPS) is 27.1. The van der Waals surface area contributed by atoms with Crippen molar-refractivity contribution in [1.82, 2.24) is 14.6 Å². The molecule has 2 saturated heterocycles. The molecule has 3 N–H and O–H groups in total. The third-order valence-corrected chi connectivity index (χ3v) is 7.33. The van der Waals surface area contributed by atoms with Gasteiger partial charge in [-0.15, -0.1) is 0 Å². The van der Waals surface area contributed by atoms with Crippen LogP contribution in [-0.4, -0.2) is 63.8 Å². The van der Waals surface area contributed by atoms with Crippen LogP contribution in [0.15, 0.2) is 46.1 Å². The van der Waals surface area contributed by atoms with E-state index in [4.69, 9.17) is 23.3 Å². The molecule has 202 valence electrons. The summed E-state index contributed by atoms with van der Waals surface area (Å²) in [4.78, 5) is 37.7. The fourth-order valence-electron chi connectivity index (χ4n) is 3.92. The monoisotopic (exact) mass is 543 g/mol. The minimum atomic E-state index is -4.30. The summed E-state index contributed by atoms with van der Waals surface area (Å²) in [5, 5.41) is 13.4. The fourth-order valence-corrected chi connectivity index (χ4v) is 5.46. The number of esters is 1. The average Bonchev–Trinajstić information content (AvgIpc) is 3.29. The van der Waals surface area contributed by atoms with Gasteiger partial charge in [0.15, 0.2) is 6.23 Å². The highest BCUT2D eigenvalue weighted by atomic mass is 31.2. The summed E-state index contributed by atoms with van der Waals surface area (Å²) in [6, 6.07) is 6.94. The van der Waals surface area contributed by atoms with Gasteiger partial charge >= 0.3 is 19.4 Å². The number of fused-ring (bicyclic) bond motifs is 2. The Morgan fingerprint density at radius 3 is 2.70 bits per heavy atom. The van der Waals surface area contributed by atoms with E-state index in [0.717, 1.165) is 4.57 Å². The van der Waals surface area contributed by atoms with Crippen molar-refractivity contribution >= 4 is 13.7 Å². The smallest absolute Gasteiger partial charge is 0.459 e. The van der Waals surface area contributed by atoms with Gasteiger partial charge in [-0.1, -0.05) is 18.2 Å². The van der Waals surface area contributed by atoms with Crippen molar-refractivity contribution in [3.05, 3.63) is 63.2 Å². The van der Waals surface area contributed by atoms with Crippen LogP contribution in [-0.2, 0) is 28.1 Å². The first kappa shape index (κ1) is 27.2. The van der Waals surface area contributed by atoms with Gasteiger partial charge < -0.3 is 23.8 Å². The predicted octanol–water partition coefficient (Wildman–Crippen LogP) is 0.836. The number of para-hydroxylation sites is 1. The van der Waals surface area contributed by atoms with Crippen molar-refractivity contribution in [3.8, 4) is 5.75 Å². The van der Waals surface area contributed by atoms with E-state index >= 15 is 0 Å². The first-order chi connectivity index (χ1) is 17.4. The second-order valence-corrected chi connectivity index (χ2v) is 10.6. The number of hydrogen-bond acceptors (Lipinski definition) is 10. The zero-order chi connectivity index (χ0) is 27.0. The summed E-state index contributed by atoms with van der Waals surface area (Å²) in [5.74, 6) is -1.77. The molecule has 2 aliphatic rings. The molecule has 2 fully saturated rings. The Morgan fingerprint density at radius 2 is 2.03 bits per heavy atom. The zero-order valence-electron chi connectivity index (χ0n) is 20.2. The highest BCUT2D eigenvalue weighted by Gasteiger charge is 2.63. The van der Waals surface area contributed by atoms with Crippen LogP contribution in [0.4, 0.5) is 4.39 Å². The number of aromatic amines is 1. The number of nitrogens with one attached hydrogen (secondary N) is 2. The molecular weight excluding hydrogens is 516 g/mol. The molecule has 0 radical (unpaired) electrons. The first-order valence-corrected chi connectivity index (χ1v) is 12.9. The second kappa shape index (κ2) is 10.5. The van der Waals surface area contributed by atoms with Gasteiger partial charge in [-0.25, -0.2) is 9.36 Å². The number of benzene rings is 1. The Hall–Kier alpha value is -2.87. The van der Waals surface area contributed by atoms with Gasteiger partial charge in [0.2, 0.25) is 5.82 Å². The molecule has 13 nitrogen and oxygen atoms in total. The molecule has 37 heavy (non-hydrogen) atoms. The van der Waals surface area contributed by atoms with Gasteiger partial charge in [0.1, 0.15) is 29.6 Å². The van der Waals surface area contributed by atoms with Crippen LogP contribution in [0.25, 0.3) is 0 Å². The van der Waals surface area contributed by atoms with Crippen molar-refractivity contribution in [3.63, 3.8) is 0 Å². The maximum Gasteiger partial charge on any atom is 0.459 e. The van der Waals surface area contributed by atoms with Gasteiger partial charge in [0.05, 0.1) is 25.5 Å². The number of nitrogens with zero attached hydrogens (tertiary/aromatic N) is 1. The van der Waals surface area contributed by atoms with Crippen molar-refractivity contribution in [1.29, 1.82) is 0 Å². The van der Waals surface area contributed by atoms with E-state index in [2.05, 4.69) is 5.09 Å². The molecule has 1 unspecified atom stereocenters. The Labute approximate surface area is 210 Å². The van der Waals surface area contributed by atoms with E-state index in [-0.39, 0.29) is 12.4 Å². The summed E-state index contributed by atoms with van der Waals surface area (Å²) in [6.07, 6.45) is -3.58. The molecule has 0 amide bonds. The molecule has 0 saturated carbocycles. The number of halogens is 1. The fraction of sp³-hybridized carbons (Fsp3) is 0.500. The van der Waals surface area contributed by atoms with Crippen LogP contribution < -0.4 is 20.9 Å². The minimum absolute atomic E-state index is 0.168. The molecule has 1 aromatic carbocycles. The number of aromatic nitrogens is 2. The lowest BCUT2D eigenvalue weighted by atomic mass is 10.0. The Morgan fingerprint density at radius 1 is 1.32 bits per heavy atom. The van der Waals surface area contributed by atoms with E-state index in [1.165, 1.54) is 19.1 Å². The van der Waals surface area contributed by atoms with Gasteiger partial charge in [0, 0.05) is 0 Å². The summed E-state index contributed by atoms with van der Waals surface area (Å²) < 4.78 is 56.0. The van der Waals surface area contributed by atoms with Crippen molar-refractivity contribution in [2.45, 2.75) is 57.0 Å². The highest BCUT2D eigenvalue weighted by Crippen LogP contribution is 2.50. The number of hydrogen-bond donors (Lipinski definition) is 3. The van der Waals surface area contributed by atoms with Crippen molar-refractivity contribution in [2.24, 2.45) is 0 Å². The summed E-state index contributed by atoms with van der Waals surface area (Å²) in [6.45, 7) is 3.95. The quantitative estimate of drug-likeness (QED) is 0.287. The van der Waals surface area contributed by atoms with Gasteiger partial charge in [0.25, 0.3) is 5.56 Å². The van der Waals surface area contributed by atoms with Crippen LogP contribution in [0.3, 0.4) is 0 Å². The van der Waals surface area contributed by atoms with E-state index in [1.807, 2.05) is 4.98 Å². The van der Waals surface area contributed by atoms with Gasteiger partial charge in [-0.2, -0.15) is 9.48 Å². The SMILES string of the molecule is CC(C)OC(=O)[C@H](C)NP(=O)(OC[C@@]12CO[C@@H]([C@H](n3cc(F)c(=O)[nH]c3=O)O1)[C@@H]2O)Oc1ccccc1. The largest absolute Gasteiger partial charge is 0.462 e. The third-order valence-electron chi connectivity index (χ3n) is 5.71. The lowest BCUT2D eigenvalue weighted by molar-refractivity contribution is -0.185. The summed E-state index contributed by atoms with van der Waals surface area (Å²) >= 11 is 0. The number of ether oxygens (including phenoxy) is 3. The molecule has 15 heteroatoms. The topological polar surface area (TPSA) is 167 Å². The Kier molecular flexibility index (Phi) is 7.70. The molecule has 0 aliphatic carbocycles. The lowest BCUT2D eigenvalue weighted by Crippen LogP contribution is -2.46. The standard InChI is InChI=1S/C22H27FN3O10P/c1-12(2)34-20(29)13(3)25-37(31,36-14-7-5-4-6-8-14)33-11-22-10-32-16(17(22)27)19(35-22)26-9-15(23)18(28)24-21(26)30/h4-9,12-13,16-17,19,27H,10-11H2,1-3H3,(H,25,31)(H,24,28,30)/t13-,16+,17-,19+,22+,37?/m0/s1. The maximum absolute atomic E-state index is 13.8. The molecule has 0 spiro atoms. The zero-order valence-corrected chi connectivity index (χ0v) is 21.1. The van der Waals surface area contributed by atoms with Crippen LogP contribution in [0.2, 0.25) is 0 Å². The second-order valence-electron chi connectivity index (χ2n) is 8.95. The minimum Gasteiger partial charge on any atom is -0.462 e. The number of H-pyrrole nitrogens is 1. The summed E-state index contributed by atoms with van der Waals surface area (Å²) in [7, 11) is -4.30. The van der Waals surface area contributed by atoms with E-state index in [9.17, 15) is 28.4 Å². The average molecular weight is 543 g/mol. The number of aliphatic hydroxyl groups excluding tert-OH is 1. The molecule has 2 bridgehead atoms. The summed E-state index contributed by atoms with van der Waals surface area (Å²) in [5.41, 5.74) is -3.81. The Bertz CT molecular complexity index is 1300. The lowest BCUT2D eigenvalue weighted by Gasteiger charge is -2.32. The molecule has 1 aromatic heterocycles. The first-order valence-electron chi connectivity index (χ1n) is 11.4. The maximum atomic E-state index is 13.8. The molecule has 2 aromatic rings. The van der Waals surface area contributed by atoms with Crippen LogP contribution in [0.5, 0.6) is 5.75 Å². The van der Waals surface area contributed by atoms with Crippen molar-refractivity contribution < 1.29 is 42.1 Å². The number of rotatable bonds is 10. The Balaban J connectivity index is 1.55. The van der Waals surface area contributed by atoms with Crippen LogP contribution >= 0.6 is 7.75 Å². The molecule has 2 aliphatic heterocycles. The molecule has 6 atom stereocenters. The van der Waals surface area contributed by atoms with Gasteiger partial charge in [-0.3, -0.25) is 23.7 Å². The number of carbonyl (C=O) groups excluding carboxylic acids is 1. The van der Waals surface area contributed by atoms with Crippen LogP contribution in [0.1, 0.15) is 27.0 Å².